The average molecular weight is 335 g/mol. The van der Waals surface area contributed by atoms with E-state index < -0.39 is 15.3 Å². The molecule has 0 aliphatic carbocycles. The van der Waals surface area contributed by atoms with Crippen LogP contribution in [0.5, 0.6) is 0 Å². The Morgan fingerprint density at radius 2 is 1.52 bits per heavy atom. The van der Waals surface area contributed by atoms with Crippen molar-refractivity contribution in [2.45, 2.75) is 13.0 Å². The minimum absolute atomic E-state index is 0.210. The highest BCUT2D eigenvalue weighted by Crippen LogP contribution is 2.12. The summed E-state index contributed by atoms with van der Waals surface area (Å²) < 4.78 is 33.8. The van der Waals surface area contributed by atoms with Crippen LogP contribution in [-0.2, 0) is 23.2 Å². The Kier molecular flexibility index (Phi) is 5.36. The van der Waals surface area contributed by atoms with Gasteiger partial charge < -0.3 is 10.7 Å². The van der Waals surface area contributed by atoms with Gasteiger partial charge in [0.2, 0.25) is 0 Å². The third kappa shape index (κ3) is 5.39. The number of nitrogens with zero attached hydrogens (tertiary/aromatic N) is 1. The van der Waals surface area contributed by atoms with E-state index in [0.717, 1.165) is 28.8 Å². The molecule has 0 fully saturated rings. The minimum atomic E-state index is -4.91. The molecule has 0 aliphatic rings. The first-order valence-corrected chi connectivity index (χ1v) is 8.28. The highest BCUT2D eigenvalue weighted by Gasteiger charge is 2.12. The van der Waals surface area contributed by atoms with E-state index >= 15 is 0 Å². The molecule has 0 aromatic heterocycles. The second kappa shape index (κ2) is 7.26. The Morgan fingerprint density at radius 1 is 1.00 bits per heavy atom. The first-order valence-electron chi connectivity index (χ1n) is 6.89. The molecule has 7 heteroatoms. The molecule has 0 unspecified atom stereocenters. The van der Waals surface area contributed by atoms with Gasteiger partial charge in [-0.05, 0) is 23.1 Å². The Labute approximate surface area is 135 Å². The van der Waals surface area contributed by atoms with Crippen molar-refractivity contribution in [1.29, 1.82) is 0 Å². The zero-order valence-corrected chi connectivity index (χ0v) is 13.2. The van der Waals surface area contributed by atoms with Gasteiger partial charge in [-0.1, -0.05) is 58.5 Å². The van der Waals surface area contributed by atoms with Crippen molar-refractivity contribution in [3.05, 3.63) is 82.5 Å². The maximum atomic E-state index is 12.6. The summed E-state index contributed by atoms with van der Waals surface area (Å²) in [5, 5.41) is 0.110. The zero-order chi connectivity index (χ0) is 16.9. The molecule has 122 valence electrons. The van der Waals surface area contributed by atoms with Crippen molar-refractivity contribution in [2.75, 3.05) is 0 Å². The van der Waals surface area contributed by atoms with Gasteiger partial charge in [0.1, 0.15) is 0 Å². The Morgan fingerprint density at radius 3 is 2.09 bits per heavy atom. The van der Waals surface area contributed by atoms with E-state index in [4.69, 9.17) is 11.6 Å². The summed E-state index contributed by atoms with van der Waals surface area (Å²) in [4.78, 5) is 0. The van der Waals surface area contributed by atoms with E-state index in [0.29, 0.717) is 0 Å². The number of rotatable bonds is 6. The van der Waals surface area contributed by atoms with Crippen molar-refractivity contribution in [1.82, 2.24) is 5.01 Å². The normalized spacial score (nSPS) is 12.2. The number of benzene rings is 2. The van der Waals surface area contributed by atoms with Crippen LogP contribution < -0.4 is 11.6 Å². The Bertz CT molecular complexity index is 775. The fourth-order valence-electron chi connectivity index (χ4n) is 2.08. The molecule has 23 heavy (non-hydrogen) atoms. The summed E-state index contributed by atoms with van der Waals surface area (Å²) >= 11 is 0. The third-order valence-corrected chi connectivity index (χ3v) is 3.88. The van der Waals surface area contributed by atoms with Gasteiger partial charge in [0.15, 0.2) is 5.03 Å². The highest BCUT2D eigenvalue weighted by molar-refractivity contribution is 7.90. The van der Waals surface area contributed by atoms with E-state index in [1.54, 1.807) is 0 Å². The molecular weight excluding hydrogens is 317 g/mol. The molecule has 0 saturated heterocycles. The fraction of sp³-hybridized carbons (Fsp3) is 0.125. The fourth-order valence-corrected chi connectivity index (χ4v) is 2.34. The average Bonchev–Trinajstić information content (AvgIpc) is 2.49. The maximum absolute atomic E-state index is 12.6. The van der Waals surface area contributed by atoms with Crippen molar-refractivity contribution in [2.24, 2.45) is 11.6 Å². The standard InChI is InChI=1S/C16H18FN3O2S/c17-23(21,22)16(18)12-20(19)11-15-8-6-14(7-9-15)10-13-4-2-1-3-5-13/h1-9,12H,10-11,18-19H2/b16-12+. The molecule has 0 spiro atoms. The molecule has 2 aromatic carbocycles. The number of hydrogen-bond acceptors (Lipinski definition) is 5. The van der Waals surface area contributed by atoms with Gasteiger partial charge in [-0.2, -0.15) is 8.42 Å². The number of hydrogen-bond donors (Lipinski definition) is 2. The molecule has 0 amide bonds. The third-order valence-electron chi connectivity index (χ3n) is 3.21. The molecule has 0 radical (unpaired) electrons. The maximum Gasteiger partial charge on any atom is 0.348 e. The van der Waals surface area contributed by atoms with Gasteiger partial charge >= 0.3 is 10.2 Å². The summed E-state index contributed by atoms with van der Waals surface area (Å²) in [6.07, 6.45) is 1.67. The highest BCUT2D eigenvalue weighted by atomic mass is 32.3. The van der Waals surface area contributed by atoms with Gasteiger partial charge in [-0.3, -0.25) is 0 Å². The quantitative estimate of drug-likeness (QED) is 0.479. The molecule has 0 saturated carbocycles. The predicted molar refractivity (Wildman–Crippen MR) is 87.7 cm³/mol. The molecule has 0 atom stereocenters. The van der Waals surface area contributed by atoms with Crippen LogP contribution >= 0.6 is 0 Å². The van der Waals surface area contributed by atoms with Crippen LogP contribution in [0.15, 0.2) is 65.8 Å². The van der Waals surface area contributed by atoms with Crippen LogP contribution in [0, 0.1) is 0 Å². The van der Waals surface area contributed by atoms with E-state index in [1.165, 1.54) is 5.56 Å². The molecule has 4 N–H and O–H groups in total. The van der Waals surface area contributed by atoms with Gasteiger partial charge in [-0.15, -0.1) is 0 Å². The lowest BCUT2D eigenvalue weighted by Crippen LogP contribution is -2.27. The number of nitrogens with two attached hydrogens (primary N) is 2. The van der Waals surface area contributed by atoms with Crippen LogP contribution in [0.25, 0.3) is 0 Å². The van der Waals surface area contributed by atoms with E-state index in [1.807, 2.05) is 42.5 Å². The summed E-state index contributed by atoms with van der Waals surface area (Å²) in [6, 6.07) is 17.8. The van der Waals surface area contributed by atoms with Crippen molar-refractivity contribution in [3.8, 4) is 0 Å². The SMILES string of the molecule is N/C(=C\N(N)Cc1ccc(Cc2ccccc2)cc1)S(=O)(=O)F. The second-order valence-corrected chi connectivity index (χ2v) is 6.47. The number of hydrazine groups is 1. The molecule has 0 aliphatic heterocycles. The largest absolute Gasteiger partial charge is 0.386 e. The van der Waals surface area contributed by atoms with E-state index in [9.17, 15) is 12.3 Å². The Balaban J connectivity index is 2.00. The minimum Gasteiger partial charge on any atom is -0.386 e. The van der Waals surface area contributed by atoms with Crippen LogP contribution in [0.1, 0.15) is 16.7 Å². The van der Waals surface area contributed by atoms with Gasteiger partial charge in [0.25, 0.3) is 0 Å². The van der Waals surface area contributed by atoms with Gasteiger partial charge in [0.05, 0.1) is 12.7 Å². The summed E-state index contributed by atoms with van der Waals surface area (Å²) in [5.41, 5.74) is 8.30. The molecule has 0 bridgehead atoms. The first-order chi connectivity index (χ1) is 10.8. The van der Waals surface area contributed by atoms with Gasteiger partial charge in [0, 0.05) is 0 Å². The smallest absolute Gasteiger partial charge is 0.348 e. The van der Waals surface area contributed by atoms with Crippen LogP contribution in [-0.4, -0.2) is 13.4 Å². The van der Waals surface area contributed by atoms with E-state index in [2.05, 4.69) is 12.1 Å². The van der Waals surface area contributed by atoms with Crippen molar-refractivity contribution >= 4 is 10.2 Å². The van der Waals surface area contributed by atoms with Crippen molar-refractivity contribution in [3.63, 3.8) is 0 Å². The van der Waals surface area contributed by atoms with E-state index in [-0.39, 0.29) is 6.54 Å². The zero-order valence-electron chi connectivity index (χ0n) is 12.4. The monoisotopic (exact) mass is 335 g/mol. The van der Waals surface area contributed by atoms with Crippen LogP contribution in [0.4, 0.5) is 3.89 Å². The number of halogens is 1. The molecule has 0 heterocycles. The summed E-state index contributed by atoms with van der Waals surface area (Å²) in [7, 11) is -4.91. The predicted octanol–water partition coefficient (Wildman–Crippen LogP) is 2.01. The second-order valence-electron chi connectivity index (χ2n) is 5.12. The lowest BCUT2D eigenvalue weighted by Gasteiger charge is -2.14. The lowest BCUT2D eigenvalue weighted by atomic mass is 10.0. The Hall–Kier alpha value is -2.38. The molecule has 2 rings (SSSR count). The topological polar surface area (TPSA) is 89.4 Å². The van der Waals surface area contributed by atoms with Crippen LogP contribution in [0.3, 0.4) is 0 Å². The molecule has 5 nitrogen and oxygen atoms in total. The first kappa shape index (κ1) is 17.0. The van der Waals surface area contributed by atoms with Gasteiger partial charge in [-0.25, -0.2) is 5.84 Å². The summed E-state index contributed by atoms with van der Waals surface area (Å²) in [6.45, 7) is 0.210. The summed E-state index contributed by atoms with van der Waals surface area (Å²) in [5.74, 6) is 5.61. The van der Waals surface area contributed by atoms with Crippen molar-refractivity contribution < 1.29 is 12.3 Å². The molecular formula is C16H18FN3O2S. The van der Waals surface area contributed by atoms with Crippen LogP contribution in [0.2, 0.25) is 0 Å². The molecule has 2 aromatic rings. The lowest BCUT2D eigenvalue weighted by molar-refractivity contribution is 0.384.